The molecule has 1 saturated carbocycles. The summed E-state index contributed by atoms with van der Waals surface area (Å²) in [5.74, 6) is 1.61. The second-order valence-corrected chi connectivity index (χ2v) is 8.14. The summed E-state index contributed by atoms with van der Waals surface area (Å²) in [7, 11) is 0. The van der Waals surface area contributed by atoms with E-state index in [1.807, 2.05) is 15.9 Å². The van der Waals surface area contributed by atoms with Crippen LogP contribution in [0.2, 0.25) is 0 Å². The maximum atomic E-state index is 12.6. The van der Waals surface area contributed by atoms with E-state index in [1.54, 1.807) is 0 Å². The first-order valence-electron chi connectivity index (χ1n) is 10.7. The monoisotopic (exact) mass is 385 g/mol. The average Bonchev–Trinajstić information content (AvgIpc) is 3.58. The number of hydrogen-bond donors (Lipinski definition) is 0. The van der Waals surface area contributed by atoms with Crippen LogP contribution in [-0.2, 0) is 22.6 Å². The van der Waals surface area contributed by atoms with Gasteiger partial charge in [0.2, 0.25) is 11.8 Å². The van der Waals surface area contributed by atoms with Crippen LogP contribution in [0.4, 0.5) is 0 Å². The van der Waals surface area contributed by atoms with E-state index in [-0.39, 0.29) is 17.7 Å². The fourth-order valence-corrected chi connectivity index (χ4v) is 4.10. The largest absolute Gasteiger partial charge is 0.491 e. The van der Waals surface area contributed by atoms with Crippen LogP contribution < -0.4 is 4.74 Å². The summed E-state index contributed by atoms with van der Waals surface area (Å²) in [4.78, 5) is 31.3. The van der Waals surface area contributed by atoms with Crippen molar-refractivity contribution in [3.63, 3.8) is 0 Å². The van der Waals surface area contributed by atoms with Gasteiger partial charge in [-0.25, -0.2) is 0 Å². The molecule has 152 valence electrons. The lowest BCUT2D eigenvalue weighted by molar-refractivity contribution is -0.133. The van der Waals surface area contributed by atoms with E-state index in [9.17, 15) is 9.59 Å². The molecule has 1 aromatic carbocycles. The third-order valence-corrected chi connectivity index (χ3v) is 6.14. The number of amides is 2. The van der Waals surface area contributed by atoms with Gasteiger partial charge in [-0.15, -0.1) is 0 Å². The fraction of sp³-hybridized carbons (Fsp3) is 0.636. The molecule has 0 radical (unpaired) electrons. The Kier molecular flexibility index (Phi) is 5.85. The average molecular weight is 386 g/mol. The van der Waals surface area contributed by atoms with Crippen molar-refractivity contribution < 1.29 is 14.3 Å². The maximum Gasteiger partial charge on any atom is 0.226 e. The standard InChI is InChI=1S/C22H31N3O3/c1-2-23-9-11-24(12-10-23)21(26)8-4-17-3-7-20-19(15-17)16-25(13-14-28-20)22(27)18-5-6-18/h3,7,15,18H,2,4-6,8-14,16H2,1H3. The number of nitrogens with zero attached hydrogens (tertiary/aromatic N) is 3. The number of carbonyl (C=O) groups is 2. The zero-order valence-corrected chi connectivity index (χ0v) is 16.9. The number of hydrogen-bond acceptors (Lipinski definition) is 4. The molecular formula is C22H31N3O3. The van der Waals surface area contributed by atoms with E-state index < -0.39 is 0 Å². The van der Waals surface area contributed by atoms with Gasteiger partial charge >= 0.3 is 0 Å². The molecule has 6 nitrogen and oxygen atoms in total. The summed E-state index contributed by atoms with van der Waals surface area (Å²) in [6, 6.07) is 6.18. The zero-order chi connectivity index (χ0) is 19.5. The Labute approximate surface area is 167 Å². The Balaban J connectivity index is 1.34. The normalized spacial score (nSPS) is 20.3. The summed E-state index contributed by atoms with van der Waals surface area (Å²) in [6.45, 7) is 8.66. The van der Waals surface area contributed by atoms with E-state index >= 15 is 0 Å². The van der Waals surface area contributed by atoms with E-state index in [2.05, 4.69) is 24.0 Å². The summed E-state index contributed by atoms with van der Waals surface area (Å²) in [6.07, 6.45) is 3.32. The molecule has 0 atom stereocenters. The molecule has 6 heteroatoms. The fourth-order valence-electron chi connectivity index (χ4n) is 4.10. The van der Waals surface area contributed by atoms with E-state index in [1.165, 1.54) is 0 Å². The predicted molar refractivity (Wildman–Crippen MR) is 107 cm³/mol. The molecule has 1 saturated heterocycles. The van der Waals surface area contributed by atoms with Gasteiger partial charge in [-0.05, 0) is 37.4 Å². The number of ether oxygens (including phenoxy) is 1. The highest BCUT2D eigenvalue weighted by Crippen LogP contribution is 2.33. The second kappa shape index (κ2) is 8.52. The van der Waals surface area contributed by atoms with Crippen molar-refractivity contribution in [2.75, 3.05) is 45.9 Å². The van der Waals surface area contributed by atoms with Crippen LogP contribution in [0.5, 0.6) is 5.75 Å². The molecule has 2 heterocycles. The lowest BCUT2D eigenvalue weighted by Crippen LogP contribution is -2.48. The molecule has 2 fully saturated rings. The van der Waals surface area contributed by atoms with Crippen molar-refractivity contribution in [1.82, 2.24) is 14.7 Å². The lowest BCUT2D eigenvalue weighted by atomic mass is 10.0. The van der Waals surface area contributed by atoms with Crippen molar-refractivity contribution in [2.45, 2.75) is 39.2 Å². The van der Waals surface area contributed by atoms with Gasteiger partial charge in [0.05, 0.1) is 6.54 Å². The van der Waals surface area contributed by atoms with Crippen LogP contribution in [0, 0.1) is 5.92 Å². The summed E-state index contributed by atoms with van der Waals surface area (Å²) in [5, 5.41) is 0. The molecular weight excluding hydrogens is 354 g/mol. The maximum absolute atomic E-state index is 12.6. The van der Waals surface area contributed by atoms with Crippen molar-refractivity contribution in [1.29, 1.82) is 0 Å². The first-order valence-corrected chi connectivity index (χ1v) is 10.7. The molecule has 0 bridgehead atoms. The van der Waals surface area contributed by atoms with Crippen molar-refractivity contribution in [3.05, 3.63) is 29.3 Å². The molecule has 4 rings (SSSR count). The Morgan fingerprint density at radius 1 is 1.07 bits per heavy atom. The first kappa shape index (κ1) is 19.2. The van der Waals surface area contributed by atoms with Gasteiger partial charge in [0.25, 0.3) is 0 Å². The summed E-state index contributed by atoms with van der Waals surface area (Å²) in [5.41, 5.74) is 2.21. The molecule has 1 aromatic rings. The molecule has 0 spiro atoms. The Morgan fingerprint density at radius 3 is 2.57 bits per heavy atom. The van der Waals surface area contributed by atoms with Gasteiger partial charge in [-0.3, -0.25) is 9.59 Å². The number of carbonyl (C=O) groups excluding carboxylic acids is 2. The van der Waals surface area contributed by atoms with Crippen LogP contribution in [0.25, 0.3) is 0 Å². The predicted octanol–water partition coefficient (Wildman–Crippen LogP) is 1.91. The number of piperazine rings is 1. The summed E-state index contributed by atoms with van der Waals surface area (Å²) < 4.78 is 5.85. The smallest absolute Gasteiger partial charge is 0.226 e. The second-order valence-electron chi connectivity index (χ2n) is 8.14. The van der Waals surface area contributed by atoms with Crippen LogP contribution in [0.3, 0.4) is 0 Å². The van der Waals surface area contributed by atoms with Crippen molar-refractivity contribution in [3.8, 4) is 5.75 Å². The SMILES string of the molecule is CCN1CCN(C(=O)CCc2ccc3c(c2)CN(C(=O)C2CC2)CCO3)CC1. The molecule has 0 aromatic heterocycles. The van der Waals surface area contributed by atoms with Crippen LogP contribution in [0.15, 0.2) is 18.2 Å². The third-order valence-electron chi connectivity index (χ3n) is 6.14. The quantitative estimate of drug-likeness (QED) is 0.777. The Bertz CT molecular complexity index is 724. The number of likely N-dealkylation sites (N-methyl/N-ethyl adjacent to an activating group) is 1. The van der Waals surface area contributed by atoms with Gasteiger partial charge in [0.1, 0.15) is 12.4 Å². The molecule has 1 aliphatic carbocycles. The minimum absolute atomic E-state index is 0.232. The van der Waals surface area contributed by atoms with Crippen molar-refractivity contribution in [2.24, 2.45) is 5.92 Å². The first-order chi connectivity index (χ1) is 13.6. The van der Waals surface area contributed by atoms with E-state index in [0.29, 0.717) is 26.1 Å². The Morgan fingerprint density at radius 2 is 1.86 bits per heavy atom. The minimum atomic E-state index is 0.232. The van der Waals surface area contributed by atoms with Crippen LogP contribution in [0.1, 0.15) is 37.3 Å². The highest BCUT2D eigenvalue weighted by Gasteiger charge is 2.34. The van der Waals surface area contributed by atoms with Gasteiger partial charge < -0.3 is 19.4 Å². The number of fused-ring (bicyclic) bond motifs is 1. The van der Waals surface area contributed by atoms with E-state index in [4.69, 9.17) is 4.74 Å². The molecule has 0 N–H and O–H groups in total. The molecule has 28 heavy (non-hydrogen) atoms. The highest BCUT2D eigenvalue weighted by atomic mass is 16.5. The Hall–Kier alpha value is -2.08. The topological polar surface area (TPSA) is 53.1 Å². The van der Waals surface area contributed by atoms with Gasteiger partial charge in [-0.2, -0.15) is 0 Å². The molecule has 3 aliphatic rings. The highest BCUT2D eigenvalue weighted by molar-refractivity contribution is 5.81. The molecule has 0 unspecified atom stereocenters. The zero-order valence-electron chi connectivity index (χ0n) is 16.9. The lowest BCUT2D eigenvalue weighted by Gasteiger charge is -2.34. The van der Waals surface area contributed by atoms with Gasteiger partial charge in [-0.1, -0.05) is 19.1 Å². The van der Waals surface area contributed by atoms with Crippen LogP contribution >= 0.6 is 0 Å². The molecule has 2 aliphatic heterocycles. The van der Waals surface area contributed by atoms with E-state index in [0.717, 1.165) is 68.9 Å². The van der Waals surface area contributed by atoms with Gasteiger partial charge in [0.15, 0.2) is 0 Å². The molecule has 2 amide bonds. The van der Waals surface area contributed by atoms with Gasteiger partial charge in [0, 0.05) is 50.6 Å². The number of rotatable bonds is 5. The summed E-state index contributed by atoms with van der Waals surface area (Å²) >= 11 is 0. The van der Waals surface area contributed by atoms with Crippen molar-refractivity contribution >= 4 is 11.8 Å². The third kappa shape index (κ3) is 4.49. The van der Waals surface area contributed by atoms with Crippen LogP contribution in [-0.4, -0.2) is 72.4 Å². The number of aryl methyl sites for hydroxylation is 1. The number of benzene rings is 1. The minimum Gasteiger partial charge on any atom is -0.491 e.